The SMILES string of the molecule is C=CCOc1ccccc1/C=C1/N=C(c2ccc(C)cc2)OC1=O. The molecule has 0 aliphatic carbocycles. The molecule has 0 spiro atoms. The normalized spacial score (nSPS) is 15.1. The van der Waals surface area contributed by atoms with E-state index in [1.54, 1.807) is 12.2 Å². The summed E-state index contributed by atoms with van der Waals surface area (Å²) in [6.07, 6.45) is 3.34. The molecule has 24 heavy (non-hydrogen) atoms. The van der Waals surface area contributed by atoms with Crippen LogP contribution in [0.25, 0.3) is 6.08 Å². The van der Waals surface area contributed by atoms with Gasteiger partial charge in [-0.2, -0.15) is 0 Å². The minimum Gasteiger partial charge on any atom is -0.489 e. The van der Waals surface area contributed by atoms with Crippen molar-refractivity contribution < 1.29 is 14.3 Å². The summed E-state index contributed by atoms with van der Waals surface area (Å²) in [5.74, 6) is 0.511. The average molecular weight is 319 g/mol. The number of para-hydroxylation sites is 1. The molecule has 0 fully saturated rings. The average Bonchev–Trinajstić information content (AvgIpc) is 2.95. The van der Waals surface area contributed by atoms with Crippen molar-refractivity contribution in [3.8, 4) is 5.75 Å². The van der Waals surface area contributed by atoms with Crippen molar-refractivity contribution in [3.05, 3.63) is 83.6 Å². The summed E-state index contributed by atoms with van der Waals surface area (Å²) in [7, 11) is 0. The fourth-order valence-electron chi connectivity index (χ4n) is 2.26. The van der Waals surface area contributed by atoms with Gasteiger partial charge in [0.1, 0.15) is 12.4 Å². The van der Waals surface area contributed by atoms with Crippen molar-refractivity contribution >= 4 is 17.9 Å². The van der Waals surface area contributed by atoms with E-state index >= 15 is 0 Å². The monoisotopic (exact) mass is 319 g/mol. The molecule has 2 aromatic rings. The molecular weight excluding hydrogens is 302 g/mol. The van der Waals surface area contributed by atoms with Gasteiger partial charge in [0.25, 0.3) is 0 Å². The van der Waals surface area contributed by atoms with E-state index in [2.05, 4.69) is 11.6 Å². The zero-order valence-electron chi connectivity index (χ0n) is 13.4. The third kappa shape index (κ3) is 3.43. The van der Waals surface area contributed by atoms with E-state index < -0.39 is 5.97 Å². The fourth-order valence-corrected chi connectivity index (χ4v) is 2.26. The smallest absolute Gasteiger partial charge is 0.363 e. The topological polar surface area (TPSA) is 47.9 Å². The van der Waals surface area contributed by atoms with Crippen LogP contribution < -0.4 is 4.74 Å². The molecule has 4 nitrogen and oxygen atoms in total. The maximum atomic E-state index is 12.1. The van der Waals surface area contributed by atoms with Gasteiger partial charge in [0.2, 0.25) is 5.90 Å². The Kier molecular flexibility index (Phi) is 4.57. The fraction of sp³-hybridized carbons (Fsp3) is 0.100. The Morgan fingerprint density at radius 3 is 2.67 bits per heavy atom. The molecule has 0 unspecified atom stereocenters. The first kappa shape index (κ1) is 15.7. The second-order valence-electron chi connectivity index (χ2n) is 5.34. The van der Waals surface area contributed by atoms with E-state index in [0.29, 0.717) is 18.3 Å². The standard InChI is InChI=1S/C20H17NO3/c1-3-12-23-18-7-5-4-6-16(18)13-17-20(22)24-19(21-17)15-10-8-14(2)9-11-15/h3-11,13H,1,12H2,2H3/b17-13+. The van der Waals surface area contributed by atoms with E-state index in [1.807, 2.05) is 55.5 Å². The van der Waals surface area contributed by atoms with Gasteiger partial charge in [-0.15, -0.1) is 0 Å². The summed E-state index contributed by atoms with van der Waals surface area (Å²) in [6.45, 7) is 6.02. The van der Waals surface area contributed by atoms with Crippen LogP contribution in [0.4, 0.5) is 0 Å². The number of aryl methyl sites for hydroxylation is 1. The molecule has 2 aromatic carbocycles. The summed E-state index contributed by atoms with van der Waals surface area (Å²) < 4.78 is 10.9. The van der Waals surface area contributed by atoms with Gasteiger partial charge in [-0.25, -0.2) is 9.79 Å². The molecular formula is C20H17NO3. The molecule has 0 amide bonds. The van der Waals surface area contributed by atoms with Crippen LogP contribution in [0.2, 0.25) is 0 Å². The van der Waals surface area contributed by atoms with Gasteiger partial charge < -0.3 is 9.47 Å². The number of benzene rings is 2. The van der Waals surface area contributed by atoms with Crippen LogP contribution in [0, 0.1) is 6.92 Å². The number of carbonyl (C=O) groups is 1. The number of cyclic esters (lactones) is 1. The second-order valence-corrected chi connectivity index (χ2v) is 5.34. The Balaban J connectivity index is 1.91. The molecule has 1 heterocycles. The highest BCUT2D eigenvalue weighted by Crippen LogP contribution is 2.24. The number of aliphatic imine (C=N–C) groups is 1. The van der Waals surface area contributed by atoms with Crippen molar-refractivity contribution in [1.82, 2.24) is 0 Å². The molecule has 4 heteroatoms. The molecule has 3 rings (SSSR count). The van der Waals surface area contributed by atoms with E-state index in [1.165, 1.54) is 0 Å². The Morgan fingerprint density at radius 1 is 1.17 bits per heavy atom. The summed E-state index contributed by atoms with van der Waals surface area (Å²) >= 11 is 0. The van der Waals surface area contributed by atoms with Gasteiger partial charge in [0.15, 0.2) is 5.70 Å². The van der Waals surface area contributed by atoms with Gasteiger partial charge in [-0.05, 0) is 31.2 Å². The van der Waals surface area contributed by atoms with Crippen molar-refractivity contribution in [2.75, 3.05) is 6.61 Å². The first-order valence-electron chi connectivity index (χ1n) is 7.59. The molecule has 0 atom stereocenters. The minimum absolute atomic E-state index is 0.250. The zero-order valence-corrected chi connectivity index (χ0v) is 13.4. The molecule has 0 N–H and O–H groups in total. The number of esters is 1. The highest BCUT2D eigenvalue weighted by molar-refractivity contribution is 6.12. The second kappa shape index (κ2) is 6.96. The van der Waals surface area contributed by atoms with Crippen LogP contribution in [0.5, 0.6) is 5.75 Å². The van der Waals surface area contributed by atoms with E-state index in [9.17, 15) is 4.79 Å². The van der Waals surface area contributed by atoms with E-state index in [-0.39, 0.29) is 5.70 Å². The molecule has 0 aromatic heterocycles. The highest BCUT2D eigenvalue weighted by atomic mass is 16.6. The number of nitrogens with zero attached hydrogens (tertiary/aromatic N) is 1. The molecule has 0 radical (unpaired) electrons. The molecule has 0 saturated carbocycles. The van der Waals surface area contributed by atoms with Crippen molar-refractivity contribution in [3.63, 3.8) is 0 Å². The van der Waals surface area contributed by atoms with Crippen LogP contribution in [0.15, 0.2) is 71.9 Å². The summed E-state index contributed by atoms with van der Waals surface area (Å²) in [5.41, 5.74) is 2.92. The van der Waals surface area contributed by atoms with Gasteiger partial charge in [-0.3, -0.25) is 0 Å². The van der Waals surface area contributed by atoms with Crippen molar-refractivity contribution in [1.29, 1.82) is 0 Å². The van der Waals surface area contributed by atoms with Crippen LogP contribution in [0.1, 0.15) is 16.7 Å². The van der Waals surface area contributed by atoms with Gasteiger partial charge in [0.05, 0.1) is 0 Å². The van der Waals surface area contributed by atoms with Gasteiger partial charge in [-0.1, -0.05) is 48.6 Å². The summed E-state index contributed by atoms with van der Waals surface area (Å²) in [5, 5.41) is 0. The predicted octanol–water partition coefficient (Wildman–Crippen LogP) is 3.90. The first-order valence-corrected chi connectivity index (χ1v) is 7.59. The van der Waals surface area contributed by atoms with Crippen molar-refractivity contribution in [2.24, 2.45) is 4.99 Å². The lowest BCUT2D eigenvalue weighted by Crippen LogP contribution is -2.05. The quantitative estimate of drug-likeness (QED) is 0.477. The number of hydrogen-bond acceptors (Lipinski definition) is 4. The number of hydrogen-bond donors (Lipinski definition) is 0. The lowest BCUT2D eigenvalue weighted by molar-refractivity contribution is -0.129. The highest BCUT2D eigenvalue weighted by Gasteiger charge is 2.24. The van der Waals surface area contributed by atoms with E-state index in [0.717, 1.165) is 16.7 Å². The molecule has 1 aliphatic rings. The number of rotatable bonds is 5. The molecule has 120 valence electrons. The molecule has 1 aliphatic heterocycles. The first-order chi connectivity index (χ1) is 11.7. The van der Waals surface area contributed by atoms with Gasteiger partial charge >= 0.3 is 5.97 Å². The third-order valence-electron chi connectivity index (χ3n) is 3.49. The summed E-state index contributed by atoms with van der Waals surface area (Å²) in [4.78, 5) is 16.4. The number of carbonyl (C=O) groups excluding carboxylic acids is 1. The maximum Gasteiger partial charge on any atom is 0.363 e. The maximum absolute atomic E-state index is 12.1. The molecule has 0 saturated heterocycles. The number of ether oxygens (including phenoxy) is 2. The minimum atomic E-state index is -0.468. The Hall–Kier alpha value is -3.14. The lowest BCUT2D eigenvalue weighted by atomic mass is 10.1. The zero-order chi connectivity index (χ0) is 16.9. The third-order valence-corrected chi connectivity index (χ3v) is 3.49. The van der Waals surface area contributed by atoms with Crippen LogP contribution in [-0.4, -0.2) is 18.5 Å². The lowest BCUT2D eigenvalue weighted by Gasteiger charge is -2.06. The molecule has 0 bridgehead atoms. The van der Waals surface area contributed by atoms with Crippen LogP contribution >= 0.6 is 0 Å². The summed E-state index contributed by atoms with van der Waals surface area (Å²) in [6, 6.07) is 15.1. The van der Waals surface area contributed by atoms with Gasteiger partial charge in [0, 0.05) is 11.1 Å². The Labute approximate surface area is 140 Å². The van der Waals surface area contributed by atoms with E-state index in [4.69, 9.17) is 9.47 Å². The predicted molar refractivity (Wildman–Crippen MR) is 93.9 cm³/mol. The Bertz CT molecular complexity index is 832. The van der Waals surface area contributed by atoms with Crippen LogP contribution in [-0.2, 0) is 9.53 Å². The van der Waals surface area contributed by atoms with Crippen LogP contribution in [0.3, 0.4) is 0 Å². The van der Waals surface area contributed by atoms with Crippen molar-refractivity contribution in [2.45, 2.75) is 6.92 Å². The largest absolute Gasteiger partial charge is 0.489 e. The Morgan fingerprint density at radius 2 is 1.92 bits per heavy atom.